The van der Waals surface area contributed by atoms with Gasteiger partial charge in [-0.1, -0.05) is 121 Å². The smallest absolute Gasteiger partial charge is 0.0998 e. The van der Waals surface area contributed by atoms with E-state index < -0.39 is 0 Å². The van der Waals surface area contributed by atoms with Crippen molar-refractivity contribution in [2.45, 2.75) is 0 Å². The van der Waals surface area contributed by atoms with Gasteiger partial charge in [0.2, 0.25) is 0 Å². The van der Waals surface area contributed by atoms with Gasteiger partial charge in [-0.25, -0.2) is 0 Å². The molecular formula is C43H25NS2. The molecular weight excluding hydrogens is 595 g/mol. The fourth-order valence-corrected chi connectivity index (χ4v) is 9.28. The van der Waals surface area contributed by atoms with E-state index in [1.54, 1.807) is 0 Å². The minimum absolute atomic E-state index is 0.675. The molecule has 1 nitrogen and oxygen atoms in total. The van der Waals surface area contributed by atoms with Gasteiger partial charge in [0.25, 0.3) is 0 Å². The second-order valence-corrected chi connectivity index (χ2v) is 13.7. The maximum atomic E-state index is 10.1. The zero-order valence-electron chi connectivity index (χ0n) is 24.7. The average Bonchev–Trinajstić information content (AvgIpc) is 3.70. The van der Waals surface area contributed by atoms with E-state index in [-0.39, 0.29) is 0 Å². The Hall–Kier alpha value is -5.53. The molecule has 0 aliphatic heterocycles. The minimum atomic E-state index is 0.675. The first-order chi connectivity index (χ1) is 22.8. The van der Waals surface area contributed by atoms with Crippen molar-refractivity contribution in [3.05, 3.63) is 157 Å². The topological polar surface area (TPSA) is 23.8 Å². The van der Waals surface area contributed by atoms with Gasteiger partial charge in [0.15, 0.2) is 0 Å². The molecule has 0 radical (unpaired) electrons. The van der Waals surface area contributed by atoms with Gasteiger partial charge in [-0.15, -0.1) is 22.7 Å². The standard InChI is InChI=1S/C43H25NS2/c44-26-28-11-1-2-12-29(28)31-13-3-4-14-32(31)38-25-27(30-17-9-19-36-34-15-5-7-20-39(34)46-43(30)36)23-24-33(38)35-18-10-22-41-42(35)37-16-6-8-21-40(37)45-41/h1-25H. The van der Waals surface area contributed by atoms with Crippen molar-refractivity contribution in [2.24, 2.45) is 0 Å². The van der Waals surface area contributed by atoms with Crippen LogP contribution in [0.15, 0.2) is 152 Å². The third-order valence-electron chi connectivity index (χ3n) is 8.98. The van der Waals surface area contributed by atoms with Crippen molar-refractivity contribution in [3.8, 4) is 50.6 Å². The third-order valence-corrected chi connectivity index (χ3v) is 11.3. The average molecular weight is 620 g/mol. The molecule has 2 heterocycles. The highest BCUT2D eigenvalue weighted by Gasteiger charge is 2.19. The van der Waals surface area contributed by atoms with Crippen LogP contribution in [0.4, 0.5) is 0 Å². The van der Waals surface area contributed by atoms with Crippen molar-refractivity contribution >= 4 is 63.0 Å². The zero-order valence-corrected chi connectivity index (χ0v) is 26.3. The van der Waals surface area contributed by atoms with Gasteiger partial charge in [-0.05, 0) is 69.3 Å². The van der Waals surface area contributed by atoms with Crippen molar-refractivity contribution in [2.75, 3.05) is 0 Å². The fraction of sp³-hybridized carbons (Fsp3) is 0. The molecule has 0 aliphatic carbocycles. The first kappa shape index (κ1) is 26.8. The Kier molecular flexibility index (Phi) is 6.31. The lowest BCUT2D eigenvalue weighted by molar-refractivity contribution is 1.47. The van der Waals surface area contributed by atoms with Gasteiger partial charge in [0, 0.05) is 45.9 Å². The minimum Gasteiger partial charge on any atom is -0.192 e. The Labute approximate surface area is 274 Å². The lowest BCUT2D eigenvalue weighted by Crippen LogP contribution is -1.93. The maximum Gasteiger partial charge on any atom is 0.0998 e. The molecule has 0 spiro atoms. The number of nitriles is 1. The quantitative estimate of drug-likeness (QED) is 0.192. The van der Waals surface area contributed by atoms with Crippen LogP contribution in [-0.4, -0.2) is 0 Å². The Morgan fingerprint density at radius 2 is 0.957 bits per heavy atom. The van der Waals surface area contributed by atoms with Crippen LogP contribution in [0.5, 0.6) is 0 Å². The number of rotatable bonds is 4. The zero-order chi connectivity index (χ0) is 30.6. The number of nitrogens with zero attached hydrogens (tertiary/aromatic N) is 1. The molecule has 0 saturated heterocycles. The number of hydrogen-bond acceptors (Lipinski definition) is 3. The van der Waals surface area contributed by atoms with Crippen LogP contribution in [0.25, 0.3) is 84.9 Å². The summed E-state index contributed by atoms with van der Waals surface area (Å²) in [5.41, 5.74) is 9.77. The summed E-state index contributed by atoms with van der Waals surface area (Å²) in [6, 6.07) is 56.6. The Bertz CT molecular complexity index is 2670. The van der Waals surface area contributed by atoms with Gasteiger partial charge >= 0.3 is 0 Å². The molecule has 0 amide bonds. The van der Waals surface area contributed by atoms with Crippen LogP contribution < -0.4 is 0 Å². The van der Waals surface area contributed by atoms with Gasteiger partial charge in [0.1, 0.15) is 0 Å². The highest BCUT2D eigenvalue weighted by molar-refractivity contribution is 7.26. The monoisotopic (exact) mass is 619 g/mol. The first-order valence-corrected chi connectivity index (χ1v) is 17.0. The summed E-state index contributed by atoms with van der Waals surface area (Å²) in [5.74, 6) is 0. The fourth-order valence-electron chi connectivity index (χ4n) is 6.91. The van der Waals surface area contributed by atoms with E-state index in [1.165, 1.54) is 62.6 Å². The highest BCUT2D eigenvalue weighted by Crippen LogP contribution is 2.47. The summed E-state index contributed by atoms with van der Waals surface area (Å²) in [5, 5.41) is 15.2. The summed E-state index contributed by atoms with van der Waals surface area (Å²) in [7, 11) is 0. The second kappa shape index (κ2) is 10.8. The number of benzene rings is 7. The number of fused-ring (bicyclic) bond motifs is 6. The predicted octanol–water partition coefficient (Wildman–Crippen LogP) is 13.0. The Morgan fingerprint density at radius 1 is 0.391 bits per heavy atom. The molecule has 9 rings (SSSR count). The SMILES string of the molecule is N#Cc1ccccc1-c1ccccc1-c1cc(-c2cccc3c2sc2ccccc23)ccc1-c1cccc2sc3ccccc3c12. The molecule has 0 atom stereocenters. The van der Waals surface area contributed by atoms with Gasteiger partial charge in [0.05, 0.1) is 11.6 Å². The van der Waals surface area contributed by atoms with Crippen LogP contribution in [0.3, 0.4) is 0 Å². The van der Waals surface area contributed by atoms with Crippen LogP contribution in [0.2, 0.25) is 0 Å². The van der Waals surface area contributed by atoms with E-state index in [4.69, 9.17) is 0 Å². The van der Waals surface area contributed by atoms with Crippen molar-refractivity contribution < 1.29 is 0 Å². The molecule has 214 valence electrons. The van der Waals surface area contributed by atoms with E-state index in [1.807, 2.05) is 40.9 Å². The molecule has 0 saturated carbocycles. The van der Waals surface area contributed by atoms with Crippen LogP contribution in [0, 0.1) is 11.3 Å². The molecule has 0 unspecified atom stereocenters. The highest BCUT2D eigenvalue weighted by atomic mass is 32.1. The molecule has 0 aliphatic rings. The van der Waals surface area contributed by atoms with E-state index in [0.717, 1.165) is 22.3 Å². The van der Waals surface area contributed by atoms with E-state index in [0.29, 0.717) is 5.56 Å². The molecule has 0 fully saturated rings. The molecule has 7 aromatic carbocycles. The third kappa shape index (κ3) is 4.19. The van der Waals surface area contributed by atoms with Crippen LogP contribution >= 0.6 is 22.7 Å². The summed E-state index contributed by atoms with van der Waals surface area (Å²) >= 11 is 3.71. The first-order valence-electron chi connectivity index (χ1n) is 15.3. The van der Waals surface area contributed by atoms with Crippen LogP contribution in [0.1, 0.15) is 5.56 Å². The van der Waals surface area contributed by atoms with Gasteiger partial charge in [-0.3, -0.25) is 0 Å². The predicted molar refractivity (Wildman–Crippen MR) is 199 cm³/mol. The summed E-state index contributed by atoms with van der Waals surface area (Å²) in [6.07, 6.45) is 0. The van der Waals surface area contributed by atoms with E-state index in [9.17, 15) is 5.26 Å². The van der Waals surface area contributed by atoms with Crippen molar-refractivity contribution in [3.63, 3.8) is 0 Å². The van der Waals surface area contributed by atoms with E-state index >= 15 is 0 Å². The maximum absolute atomic E-state index is 10.1. The largest absolute Gasteiger partial charge is 0.192 e. The summed E-state index contributed by atoms with van der Waals surface area (Å²) in [4.78, 5) is 0. The van der Waals surface area contributed by atoms with Crippen molar-refractivity contribution in [1.82, 2.24) is 0 Å². The Morgan fingerprint density at radius 3 is 1.78 bits per heavy atom. The molecule has 46 heavy (non-hydrogen) atoms. The van der Waals surface area contributed by atoms with E-state index in [2.05, 4.69) is 140 Å². The Balaban J connectivity index is 1.36. The molecule has 3 heteroatoms. The number of hydrogen-bond donors (Lipinski definition) is 0. The van der Waals surface area contributed by atoms with Gasteiger partial charge < -0.3 is 0 Å². The normalized spacial score (nSPS) is 11.5. The number of thiophene rings is 2. The molecule has 9 aromatic rings. The van der Waals surface area contributed by atoms with Crippen molar-refractivity contribution in [1.29, 1.82) is 5.26 Å². The molecule has 2 aromatic heterocycles. The summed E-state index contributed by atoms with van der Waals surface area (Å²) in [6.45, 7) is 0. The summed E-state index contributed by atoms with van der Waals surface area (Å²) < 4.78 is 5.18. The van der Waals surface area contributed by atoms with Crippen LogP contribution in [-0.2, 0) is 0 Å². The van der Waals surface area contributed by atoms with Gasteiger partial charge in [-0.2, -0.15) is 5.26 Å². The second-order valence-electron chi connectivity index (χ2n) is 11.5. The lowest BCUT2D eigenvalue weighted by Gasteiger charge is -2.18. The lowest BCUT2D eigenvalue weighted by atomic mass is 9.85. The molecule has 0 bridgehead atoms. The molecule has 0 N–H and O–H groups in total.